The molecule has 2 N–H and O–H groups in total. The van der Waals surface area contributed by atoms with E-state index in [1.807, 2.05) is 36.4 Å². The van der Waals surface area contributed by atoms with Crippen LogP contribution in [0, 0.1) is 0 Å². The number of methoxy groups -OCH3 is 1. The van der Waals surface area contributed by atoms with Gasteiger partial charge in [-0.05, 0) is 24.3 Å². The summed E-state index contributed by atoms with van der Waals surface area (Å²) in [6.07, 6.45) is 0.444. The molecule has 0 bridgehead atoms. The molecule has 0 aromatic heterocycles. The molecule has 5 heteroatoms. The SMILES string of the molecule is COc1cccc(Cl)c1C1C[C@H](N)c2ccc(Br)cc2O1. The van der Waals surface area contributed by atoms with Crippen LogP contribution in [0.5, 0.6) is 11.5 Å². The monoisotopic (exact) mass is 367 g/mol. The van der Waals surface area contributed by atoms with E-state index >= 15 is 0 Å². The van der Waals surface area contributed by atoms with E-state index in [2.05, 4.69) is 15.9 Å². The molecular weight excluding hydrogens is 354 g/mol. The van der Waals surface area contributed by atoms with Crippen molar-refractivity contribution in [2.24, 2.45) is 5.73 Å². The van der Waals surface area contributed by atoms with Crippen LogP contribution in [0.2, 0.25) is 5.02 Å². The maximum absolute atomic E-state index is 6.34. The number of nitrogens with two attached hydrogens (primary N) is 1. The zero-order chi connectivity index (χ0) is 15.0. The van der Waals surface area contributed by atoms with Crippen molar-refractivity contribution in [3.8, 4) is 11.5 Å². The first kappa shape index (κ1) is 14.7. The molecule has 21 heavy (non-hydrogen) atoms. The van der Waals surface area contributed by atoms with Crippen LogP contribution in [0.15, 0.2) is 40.9 Å². The van der Waals surface area contributed by atoms with Crippen LogP contribution in [0.4, 0.5) is 0 Å². The Balaban J connectivity index is 2.03. The molecule has 2 aromatic carbocycles. The predicted octanol–water partition coefficient (Wildman–Crippen LogP) is 4.63. The van der Waals surface area contributed by atoms with Crippen molar-refractivity contribution in [3.63, 3.8) is 0 Å². The quantitative estimate of drug-likeness (QED) is 0.840. The molecule has 1 aliphatic rings. The Bertz CT molecular complexity index is 677. The molecule has 2 aromatic rings. The van der Waals surface area contributed by atoms with Crippen molar-refractivity contribution >= 4 is 27.5 Å². The molecule has 0 saturated heterocycles. The molecule has 0 amide bonds. The maximum Gasteiger partial charge on any atom is 0.131 e. The van der Waals surface area contributed by atoms with E-state index in [-0.39, 0.29) is 12.1 Å². The van der Waals surface area contributed by atoms with Crippen LogP contribution >= 0.6 is 27.5 Å². The van der Waals surface area contributed by atoms with Crippen molar-refractivity contribution in [3.05, 3.63) is 57.0 Å². The van der Waals surface area contributed by atoms with Gasteiger partial charge in [-0.1, -0.05) is 39.7 Å². The zero-order valence-electron chi connectivity index (χ0n) is 11.5. The molecule has 1 aliphatic heterocycles. The number of hydrogen-bond donors (Lipinski definition) is 1. The van der Waals surface area contributed by atoms with Gasteiger partial charge < -0.3 is 15.2 Å². The van der Waals surface area contributed by atoms with Gasteiger partial charge >= 0.3 is 0 Å². The van der Waals surface area contributed by atoms with E-state index in [9.17, 15) is 0 Å². The molecule has 0 radical (unpaired) electrons. The van der Waals surface area contributed by atoms with E-state index < -0.39 is 0 Å². The first-order valence-corrected chi connectivity index (χ1v) is 7.81. The summed E-state index contributed by atoms with van der Waals surface area (Å²) in [4.78, 5) is 0. The number of benzene rings is 2. The van der Waals surface area contributed by atoms with E-state index in [0.717, 1.165) is 27.1 Å². The lowest BCUT2D eigenvalue weighted by atomic mass is 9.93. The third-order valence-corrected chi connectivity index (χ3v) is 4.49. The van der Waals surface area contributed by atoms with Crippen molar-refractivity contribution in [1.82, 2.24) is 0 Å². The van der Waals surface area contributed by atoms with E-state index in [1.54, 1.807) is 7.11 Å². The van der Waals surface area contributed by atoms with Gasteiger partial charge in [-0.2, -0.15) is 0 Å². The Labute approximate surface area is 137 Å². The Kier molecular flexibility index (Phi) is 4.11. The largest absolute Gasteiger partial charge is 0.496 e. The Morgan fingerprint density at radius 3 is 2.90 bits per heavy atom. The van der Waals surface area contributed by atoms with Crippen LogP contribution in [-0.4, -0.2) is 7.11 Å². The topological polar surface area (TPSA) is 44.5 Å². The summed E-state index contributed by atoms with van der Waals surface area (Å²) < 4.78 is 12.5. The summed E-state index contributed by atoms with van der Waals surface area (Å²) in [5.74, 6) is 1.51. The Morgan fingerprint density at radius 2 is 2.14 bits per heavy atom. The molecule has 0 spiro atoms. The minimum atomic E-state index is -0.217. The third kappa shape index (κ3) is 2.76. The predicted molar refractivity (Wildman–Crippen MR) is 87.1 cm³/mol. The van der Waals surface area contributed by atoms with Gasteiger partial charge in [-0.3, -0.25) is 0 Å². The van der Waals surface area contributed by atoms with Crippen LogP contribution in [0.3, 0.4) is 0 Å². The summed E-state index contributed by atoms with van der Waals surface area (Å²) in [6.45, 7) is 0. The first-order valence-electron chi connectivity index (χ1n) is 6.64. The van der Waals surface area contributed by atoms with Crippen LogP contribution in [-0.2, 0) is 0 Å². The van der Waals surface area contributed by atoms with Gasteiger partial charge in [-0.25, -0.2) is 0 Å². The number of ether oxygens (including phenoxy) is 2. The average Bonchev–Trinajstić information content (AvgIpc) is 2.46. The maximum atomic E-state index is 6.34. The second-order valence-electron chi connectivity index (χ2n) is 4.99. The van der Waals surface area contributed by atoms with Gasteiger partial charge in [0.2, 0.25) is 0 Å². The lowest BCUT2D eigenvalue weighted by Crippen LogP contribution is -2.24. The first-order chi connectivity index (χ1) is 10.1. The Hall–Kier alpha value is -1.23. The standard InChI is InChI=1S/C16H15BrClNO2/c1-20-13-4-2-3-11(18)16(13)15-8-12(19)10-6-5-9(17)7-14(10)21-15/h2-7,12,15H,8,19H2,1H3/t12-,15?/m0/s1. The lowest BCUT2D eigenvalue weighted by Gasteiger charge is -2.31. The van der Waals surface area contributed by atoms with E-state index in [1.165, 1.54) is 0 Å². The van der Waals surface area contributed by atoms with Gasteiger partial charge in [0.05, 0.1) is 17.7 Å². The molecule has 0 aliphatic carbocycles. The fraction of sp³-hybridized carbons (Fsp3) is 0.250. The van der Waals surface area contributed by atoms with Crippen molar-refractivity contribution in [2.75, 3.05) is 7.11 Å². The molecule has 110 valence electrons. The Morgan fingerprint density at radius 1 is 1.33 bits per heavy atom. The van der Waals surface area contributed by atoms with E-state index in [4.69, 9.17) is 26.8 Å². The molecule has 1 heterocycles. The summed E-state index contributed by atoms with van der Waals surface area (Å²) >= 11 is 9.80. The van der Waals surface area contributed by atoms with Crippen LogP contribution in [0.1, 0.15) is 29.7 Å². The van der Waals surface area contributed by atoms with Crippen molar-refractivity contribution in [1.29, 1.82) is 0 Å². The summed E-state index contributed by atoms with van der Waals surface area (Å²) in [7, 11) is 1.63. The highest BCUT2D eigenvalue weighted by molar-refractivity contribution is 9.10. The smallest absolute Gasteiger partial charge is 0.131 e. The number of halogens is 2. The van der Waals surface area contributed by atoms with Crippen molar-refractivity contribution < 1.29 is 9.47 Å². The molecule has 0 saturated carbocycles. The minimum Gasteiger partial charge on any atom is -0.496 e. The highest BCUT2D eigenvalue weighted by Crippen LogP contribution is 2.44. The van der Waals surface area contributed by atoms with Gasteiger partial charge in [0.15, 0.2) is 0 Å². The second-order valence-corrected chi connectivity index (χ2v) is 6.31. The summed E-state index contributed by atoms with van der Waals surface area (Å²) in [5, 5.41) is 0.630. The van der Waals surface area contributed by atoms with Crippen molar-refractivity contribution in [2.45, 2.75) is 18.6 Å². The highest BCUT2D eigenvalue weighted by Gasteiger charge is 2.30. The molecule has 1 unspecified atom stereocenters. The average molecular weight is 369 g/mol. The third-order valence-electron chi connectivity index (χ3n) is 3.67. The highest BCUT2D eigenvalue weighted by atomic mass is 79.9. The van der Waals surface area contributed by atoms with E-state index in [0.29, 0.717) is 11.4 Å². The fourth-order valence-electron chi connectivity index (χ4n) is 2.66. The molecular formula is C16H15BrClNO2. The van der Waals surface area contributed by atoms with Gasteiger partial charge in [0.25, 0.3) is 0 Å². The second kappa shape index (κ2) is 5.87. The fourth-order valence-corrected chi connectivity index (χ4v) is 3.29. The molecule has 2 atom stereocenters. The number of fused-ring (bicyclic) bond motifs is 1. The lowest BCUT2D eigenvalue weighted by molar-refractivity contribution is 0.158. The molecule has 0 fully saturated rings. The zero-order valence-corrected chi connectivity index (χ0v) is 13.8. The normalized spacial score (nSPS) is 20.6. The van der Waals surface area contributed by atoms with Gasteiger partial charge in [0, 0.05) is 22.5 Å². The van der Waals surface area contributed by atoms with Gasteiger partial charge in [0.1, 0.15) is 17.6 Å². The van der Waals surface area contributed by atoms with Crippen LogP contribution < -0.4 is 15.2 Å². The molecule has 3 nitrogen and oxygen atoms in total. The number of rotatable bonds is 2. The number of hydrogen-bond acceptors (Lipinski definition) is 3. The minimum absolute atomic E-state index is 0.0900. The summed E-state index contributed by atoms with van der Waals surface area (Å²) in [6, 6.07) is 11.4. The van der Waals surface area contributed by atoms with Gasteiger partial charge in [-0.15, -0.1) is 0 Å². The summed E-state index contributed by atoms with van der Waals surface area (Å²) in [5.41, 5.74) is 8.15. The van der Waals surface area contributed by atoms with Crippen LogP contribution in [0.25, 0.3) is 0 Å². The molecule has 3 rings (SSSR count).